The summed E-state index contributed by atoms with van der Waals surface area (Å²) in [5.41, 5.74) is 0. The summed E-state index contributed by atoms with van der Waals surface area (Å²) in [6, 6.07) is 0. The molecule has 0 heterocycles. The molecule has 0 aliphatic rings. The molecule has 0 fully saturated rings. The number of aliphatic carboxylic acids is 1. The topological polar surface area (TPSA) is 57.5 Å². The van der Waals surface area contributed by atoms with Crippen molar-refractivity contribution in [3.63, 3.8) is 0 Å². The van der Waals surface area contributed by atoms with Crippen LogP contribution in [0.1, 0.15) is 64.7 Å². The Labute approximate surface area is 141 Å². The molecule has 0 amide bonds. The third-order valence-corrected chi connectivity index (χ3v) is 3.33. The van der Waals surface area contributed by atoms with Gasteiger partial charge in [0.2, 0.25) is 0 Å². The summed E-state index contributed by atoms with van der Waals surface area (Å²) in [7, 11) is 0. The average Bonchev–Trinajstić information content (AvgIpc) is 2.51. The van der Waals surface area contributed by atoms with Crippen molar-refractivity contribution in [1.29, 1.82) is 0 Å². The molecule has 0 unspecified atom stereocenters. The van der Waals surface area contributed by atoms with Crippen LogP contribution in [0.2, 0.25) is 0 Å². The fraction of sp³-hybridized carbons (Fsp3) is 0.550. The zero-order valence-electron chi connectivity index (χ0n) is 14.4. The minimum absolute atomic E-state index is 0.108. The first-order valence-electron chi connectivity index (χ1n) is 8.71. The van der Waals surface area contributed by atoms with Gasteiger partial charge in [0.1, 0.15) is 0 Å². The maximum atomic E-state index is 10.3. The van der Waals surface area contributed by atoms with Crippen LogP contribution < -0.4 is 0 Å². The van der Waals surface area contributed by atoms with Gasteiger partial charge in [0.25, 0.3) is 0 Å². The van der Waals surface area contributed by atoms with E-state index in [-0.39, 0.29) is 6.42 Å². The van der Waals surface area contributed by atoms with Gasteiger partial charge in [-0.1, -0.05) is 68.4 Å². The maximum absolute atomic E-state index is 10.3. The number of hydrogen-bond donors (Lipinski definition) is 2. The molecule has 0 aromatic rings. The van der Waals surface area contributed by atoms with Gasteiger partial charge in [-0.3, -0.25) is 4.79 Å². The van der Waals surface area contributed by atoms with E-state index in [4.69, 9.17) is 5.11 Å². The minimum atomic E-state index is -0.818. The predicted octanol–water partition coefficient (Wildman–Crippen LogP) is 5.19. The Kier molecular flexibility index (Phi) is 15.6. The van der Waals surface area contributed by atoms with Gasteiger partial charge in [-0.15, -0.1) is 0 Å². The molecule has 0 aliphatic carbocycles. The van der Waals surface area contributed by atoms with Gasteiger partial charge in [-0.05, 0) is 38.5 Å². The summed E-state index contributed by atoms with van der Waals surface area (Å²) >= 11 is 0. The fourth-order valence-electron chi connectivity index (χ4n) is 1.99. The van der Waals surface area contributed by atoms with Crippen molar-refractivity contribution < 1.29 is 15.0 Å². The molecule has 0 spiro atoms. The zero-order chi connectivity index (χ0) is 17.2. The summed E-state index contributed by atoms with van der Waals surface area (Å²) in [4.78, 5) is 10.3. The lowest BCUT2D eigenvalue weighted by atomic mass is 10.1. The Morgan fingerprint density at radius 2 is 1.61 bits per heavy atom. The molecule has 0 radical (unpaired) electrons. The molecule has 3 heteroatoms. The molecule has 0 aromatic carbocycles. The molecule has 2 N–H and O–H groups in total. The summed E-state index contributed by atoms with van der Waals surface area (Å²) < 4.78 is 0. The maximum Gasteiger partial charge on any atom is 0.303 e. The Morgan fingerprint density at radius 1 is 0.913 bits per heavy atom. The highest BCUT2D eigenvalue weighted by Crippen LogP contribution is 2.03. The molecule has 0 rings (SSSR count). The molecule has 1 atom stereocenters. The Morgan fingerprint density at radius 3 is 2.35 bits per heavy atom. The van der Waals surface area contributed by atoms with Crippen LogP contribution in [0.25, 0.3) is 0 Å². The molecule has 0 saturated carbocycles. The number of allylic oxidation sites excluding steroid dienone is 7. The summed E-state index contributed by atoms with van der Waals surface area (Å²) in [5, 5.41) is 18.1. The molecule has 3 nitrogen and oxygen atoms in total. The first-order chi connectivity index (χ1) is 11.2. The van der Waals surface area contributed by atoms with Crippen LogP contribution in [0, 0.1) is 0 Å². The summed E-state index contributed by atoms with van der Waals surface area (Å²) in [6.45, 7) is 2.22. The molecular weight excluding hydrogens is 288 g/mol. The van der Waals surface area contributed by atoms with E-state index in [1.165, 1.54) is 25.7 Å². The van der Waals surface area contributed by atoms with E-state index in [1.54, 1.807) is 12.2 Å². The van der Waals surface area contributed by atoms with Crippen LogP contribution in [0.4, 0.5) is 0 Å². The lowest BCUT2D eigenvalue weighted by Gasteiger charge is -2.02. The number of carbonyl (C=O) groups is 1. The molecule has 0 saturated heterocycles. The van der Waals surface area contributed by atoms with Crippen molar-refractivity contribution in [2.24, 2.45) is 0 Å². The fourth-order valence-corrected chi connectivity index (χ4v) is 1.99. The van der Waals surface area contributed by atoms with E-state index in [9.17, 15) is 9.90 Å². The first-order valence-corrected chi connectivity index (χ1v) is 8.71. The minimum Gasteiger partial charge on any atom is -0.481 e. The Hall–Kier alpha value is -1.61. The number of rotatable bonds is 14. The van der Waals surface area contributed by atoms with Crippen LogP contribution in [0.5, 0.6) is 0 Å². The van der Waals surface area contributed by atoms with Crippen molar-refractivity contribution in [3.8, 4) is 0 Å². The van der Waals surface area contributed by atoms with Crippen molar-refractivity contribution in [2.75, 3.05) is 0 Å². The number of hydrogen-bond acceptors (Lipinski definition) is 2. The van der Waals surface area contributed by atoms with E-state index in [0.29, 0.717) is 12.8 Å². The third kappa shape index (κ3) is 18.3. The lowest BCUT2D eigenvalue weighted by Crippen LogP contribution is -2.03. The van der Waals surface area contributed by atoms with Gasteiger partial charge < -0.3 is 10.2 Å². The van der Waals surface area contributed by atoms with E-state index >= 15 is 0 Å². The third-order valence-electron chi connectivity index (χ3n) is 3.33. The average molecular weight is 320 g/mol. The first kappa shape index (κ1) is 21.4. The number of carboxylic acid groups (broad SMARTS) is 1. The van der Waals surface area contributed by atoms with E-state index in [2.05, 4.69) is 25.2 Å². The SMILES string of the molecule is CCCCC/C=C\CC/C=C/C=C/C=C\[C@@H](O)CCCC(=O)O. The highest BCUT2D eigenvalue weighted by molar-refractivity contribution is 5.66. The summed E-state index contributed by atoms with van der Waals surface area (Å²) in [5.74, 6) is -0.818. The van der Waals surface area contributed by atoms with E-state index < -0.39 is 12.1 Å². The quantitative estimate of drug-likeness (QED) is 0.263. The summed E-state index contributed by atoms with van der Waals surface area (Å²) in [6.07, 6.45) is 23.7. The van der Waals surface area contributed by atoms with Crippen molar-refractivity contribution >= 4 is 5.97 Å². The second kappa shape index (κ2) is 16.8. The molecule has 0 aromatic heterocycles. The number of aliphatic hydroxyl groups excluding tert-OH is 1. The van der Waals surface area contributed by atoms with Crippen LogP contribution in [0.3, 0.4) is 0 Å². The second-order valence-corrected chi connectivity index (χ2v) is 5.60. The van der Waals surface area contributed by atoms with Gasteiger partial charge >= 0.3 is 5.97 Å². The van der Waals surface area contributed by atoms with Crippen molar-refractivity contribution in [3.05, 3.63) is 48.6 Å². The zero-order valence-corrected chi connectivity index (χ0v) is 14.4. The Bertz CT molecular complexity index is 392. The van der Waals surface area contributed by atoms with E-state index in [1.807, 2.05) is 18.2 Å². The highest BCUT2D eigenvalue weighted by Gasteiger charge is 2.01. The number of aliphatic hydroxyl groups is 1. The standard InChI is InChI=1S/C20H32O3/c1-2-3-4-5-6-7-8-9-10-11-12-13-14-16-19(21)17-15-18-20(22)23/h6-7,10-14,16,19,21H,2-5,8-9,15,17-18H2,1H3,(H,22,23)/b7-6-,11-10+,13-12+,16-14-/t19-/m1/s1. The predicted molar refractivity (Wildman–Crippen MR) is 97.4 cm³/mol. The molecule has 23 heavy (non-hydrogen) atoms. The van der Waals surface area contributed by atoms with Gasteiger partial charge in [-0.2, -0.15) is 0 Å². The normalized spacial score (nSPS) is 13.8. The number of carboxylic acids is 1. The van der Waals surface area contributed by atoms with Crippen LogP contribution in [-0.4, -0.2) is 22.3 Å². The molecular formula is C20H32O3. The molecule has 130 valence electrons. The van der Waals surface area contributed by atoms with Crippen LogP contribution in [-0.2, 0) is 4.79 Å². The van der Waals surface area contributed by atoms with Gasteiger partial charge in [-0.25, -0.2) is 0 Å². The van der Waals surface area contributed by atoms with Crippen LogP contribution in [0.15, 0.2) is 48.6 Å². The largest absolute Gasteiger partial charge is 0.481 e. The monoisotopic (exact) mass is 320 g/mol. The van der Waals surface area contributed by atoms with Gasteiger partial charge in [0.05, 0.1) is 6.10 Å². The van der Waals surface area contributed by atoms with Crippen LogP contribution >= 0.6 is 0 Å². The highest BCUT2D eigenvalue weighted by atomic mass is 16.4. The smallest absolute Gasteiger partial charge is 0.303 e. The molecule has 0 bridgehead atoms. The lowest BCUT2D eigenvalue weighted by molar-refractivity contribution is -0.137. The van der Waals surface area contributed by atoms with Crippen molar-refractivity contribution in [1.82, 2.24) is 0 Å². The van der Waals surface area contributed by atoms with E-state index in [0.717, 1.165) is 12.8 Å². The van der Waals surface area contributed by atoms with Crippen molar-refractivity contribution in [2.45, 2.75) is 70.8 Å². The van der Waals surface area contributed by atoms with Gasteiger partial charge in [0, 0.05) is 6.42 Å². The molecule has 0 aliphatic heterocycles. The second-order valence-electron chi connectivity index (χ2n) is 5.60. The number of unbranched alkanes of at least 4 members (excludes halogenated alkanes) is 4. The van der Waals surface area contributed by atoms with Gasteiger partial charge in [0.15, 0.2) is 0 Å². The Balaban J connectivity index is 3.60.